The molecule has 3 heterocycles. The number of pyridine rings is 1. The lowest BCUT2D eigenvalue weighted by Gasteiger charge is -2.28. The summed E-state index contributed by atoms with van der Waals surface area (Å²) in [6.07, 6.45) is 11.3. The number of likely N-dealkylation sites (tertiary alicyclic amines) is 1. The van der Waals surface area contributed by atoms with E-state index in [-0.39, 0.29) is 12.1 Å². The van der Waals surface area contributed by atoms with Crippen LogP contribution in [0.2, 0.25) is 0 Å². The van der Waals surface area contributed by atoms with Crippen LogP contribution in [0.25, 0.3) is 0 Å². The van der Waals surface area contributed by atoms with E-state index in [0.717, 1.165) is 56.4 Å². The number of fused-ring (bicyclic) bond motifs is 1. The van der Waals surface area contributed by atoms with Crippen LogP contribution in [-0.2, 0) is 19.4 Å². The van der Waals surface area contributed by atoms with E-state index in [4.69, 9.17) is 4.42 Å². The van der Waals surface area contributed by atoms with E-state index in [1.807, 2.05) is 23.2 Å². The summed E-state index contributed by atoms with van der Waals surface area (Å²) in [6.45, 7) is 1.31. The van der Waals surface area contributed by atoms with Crippen molar-refractivity contribution in [2.75, 3.05) is 6.54 Å². The van der Waals surface area contributed by atoms with Crippen LogP contribution in [0.4, 0.5) is 4.79 Å². The van der Waals surface area contributed by atoms with Gasteiger partial charge in [-0.1, -0.05) is 18.9 Å². The number of hydrogen-bond acceptors (Lipinski definition) is 3. The van der Waals surface area contributed by atoms with Crippen LogP contribution >= 0.6 is 0 Å². The van der Waals surface area contributed by atoms with Gasteiger partial charge in [0.15, 0.2) is 0 Å². The van der Waals surface area contributed by atoms with E-state index in [1.165, 1.54) is 17.7 Å². The smallest absolute Gasteiger partial charge is 0.318 e. The maximum atomic E-state index is 12.8. The number of carbonyl (C=O) groups excluding carboxylic acids is 1. The lowest BCUT2D eigenvalue weighted by molar-refractivity contribution is 0.166. The Balaban J connectivity index is 1.43. The predicted octanol–water partition coefficient (Wildman–Crippen LogP) is 3.99. The topological polar surface area (TPSA) is 58.4 Å². The molecule has 0 bridgehead atoms. The molecule has 2 aromatic heterocycles. The number of carbonyl (C=O) groups is 1. The average molecular weight is 339 g/mol. The van der Waals surface area contributed by atoms with Crippen LogP contribution in [0.3, 0.4) is 0 Å². The summed E-state index contributed by atoms with van der Waals surface area (Å²) in [6, 6.07) is 6.09. The fourth-order valence-electron chi connectivity index (χ4n) is 3.98. The fourth-order valence-corrected chi connectivity index (χ4v) is 3.98. The van der Waals surface area contributed by atoms with Gasteiger partial charge in [-0.2, -0.15) is 0 Å². The van der Waals surface area contributed by atoms with E-state index >= 15 is 0 Å². The van der Waals surface area contributed by atoms with E-state index in [0.29, 0.717) is 6.54 Å². The molecule has 2 aromatic rings. The van der Waals surface area contributed by atoms with Crippen molar-refractivity contribution in [1.82, 2.24) is 15.2 Å². The van der Waals surface area contributed by atoms with Crippen molar-refractivity contribution in [1.29, 1.82) is 0 Å². The number of amides is 2. The first-order valence-electron chi connectivity index (χ1n) is 9.36. The molecule has 2 aliphatic rings. The summed E-state index contributed by atoms with van der Waals surface area (Å²) < 4.78 is 5.59. The molecule has 4 rings (SSSR count). The Hall–Kier alpha value is -2.30. The van der Waals surface area contributed by atoms with Crippen molar-refractivity contribution in [3.63, 3.8) is 0 Å². The Bertz CT molecular complexity index is 727. The SMILES string of the molecule is O=C(NCc1cnc2c(c1)CCC2)N1CCCCC[C@@H]1c1ccco1. The van der Waals surface area contributed by atoms with Crippen LogP contribution in [0, 0.1) is 0 Å². The molecule has 1 atom stereocenters. The summed E-state index contributed by atoms with van der Waals surface area (Å²) in [5.41, 5.74) is 3.65. The standard InChI is InChI=1S/C20H25N3O2/c24-20(22-14-15-12-16-6-4-7-17(16)21-13-15)23-10-3-1-2-8-18(23)19-9-5-11-25-19/h5,9,11-13,18H,1-4,6-8,10,14H2,(H,22,24)/t18-/m1/s1. The number of urea groups is 1. The van der Waals surface area contributed by atoms with Crippen molar-refractivity contribution in [3.05, 3.63) is 53.2 Å². The van der Waals surface area contributed by atoms with E-state index in [1.54, 1.807) is 6.26 Å². The Morgan fingerprint density at radius 1 is 1.28 bits per heavy atom. The fraction of sp³-hybridized carbons (Fsp3) is 0.500. The highest BCUT2D eigenvalue weighted by molar-refractivity contribution is 5.74. The average Bonchev–Trinajstić information content (AvgIpc) is 3.26. The second-order valence-corrected chi connectivity index (χ2v) is 7.04. The van der Waals surface area contributed by atoms with Crippen molar-refractivity contribution < 1.29 is 9.21 Å². The van der Waals surface area contributed by atoms with Crippen molar-refractivity contribution >= 4 is 6.03 Å². The number of nitrogens with one attached hydrogen (secondary N) is 1. The number of rotatable bonds is 3. The first kappa shape index (κ1) is 16.2. The van der Waals surface area contributed by atoms with Gasteiger partial charge < -0.3 is 14.6 Å². The Labute approximate surface area is 148 Å². The van der Waals surface area contributed by atoms with Gasteiger partial charge in [-0.3, -0.25) is 4.98 Å². The molecule has 1 aliphatic heterocycles. The first-order valence-corrected chi connectivity index (χ1v) is 9.36. The number of furan rings is 1. The quantitative estimate of drug-likeness (QED) is 0.920. The predicted molar refractivity (Wildman–Crippen MR) is 95.1 cm³/mol. The van der Waals surface area contributed by atoms with Crippen LogP contribution in [0.1, 0.15) is 60.7 Å². The summed E-state index contributed by atoms with van der Waals surface area (Å²) >= 11 is 0. The van der Waals surface area contributed by atoms with E-state index < -0.39 is 0 Å². The van der Waals surface area contributed by atoms with Crippen LogP contribution in [0.15, 0.2) is 35.1 Å². The minimum atomic E-state index is -0.0104. The summed E-state index contributed by atoms with van der Waals surface area (Å²) in [5.74, 6) is 0.885. The highest BCUT2D eigenvalue weighted by Crippen LogP contribution is 2.30. The molecule has 0 spiro atoms. The molecule has 5 nitrogen and oxygen atoms in total. The molecule has 0 radical (unpaired) electrons. The molecule has 1 aliphatic carbocycles. The third-order valence-corrected chi connectivity index (χ3v) is 5.31. The van der Waals surface area contributed by atoms with Crippen molar-refractivity contribution in [3.8, 4) is 0 Å². The minimum Gasteiger partial charge on any atom is -0.467 e. The first-order chi connectivity index (χ1) is 12.3. The molecule has 0 aromatic carbocycles. The molecule has 25 heavy (non-hydrogen) atoms. The molecular weight excluding hydrogens is 314 g/mol. The van der Waals surface area contributed by atoms with Crippen LogP contribution in [0.5, 0.6) is 0 Å². The zero-order valence-electron chi connectivity index (χ0n) is 14.5. The van der Waals surface area contributed by atoms with Gasteiger partial charge in [0.05, 0.1) is 12.3 Å². The van der Waals surface area contributed by atoms with Crippen LogP contribution < -0.4 is 5.32 Å². The summed E-state index contributed by atoms with van der Waals surface area (Å²) in [4.78, 5) is 19.3. The zero-order chi connectivity index (χ0) is 17.1. The number of aryl methyl sites for hydroxylation is 2. The van der Waals surface area contributed by atoms with Gasteiger partial charge in [0, 0.05) is 25.0 Å². The van der Waals surface area contributed by atoms with Gasteiger partial charge in [-0.25, -0.2) is 4.79 Å². The molecule has 1 N–H and O–H groups in total. The minimum absolute atomic E-state index is 0.0104. The van der Waals surface area contributed by atoms with Crippen LogP contribution in [-0.4, -0.2) is 22.5 Å². The highest BCUT2D eigenvalue weighted by Gasteiger charge is 2.28. The van der Waals surface area contributed by atoms with Gasteiger partial charge in [0.2, 0.25) is 0 Å². The van der Waals surface area contributed by atoms with Crippen molar-refractivity contribution in [2.45, 2.75) is 57.5 Å². The molecular formula is C20H25N3O2. The lowest BCUT2D eigenvalue weighted by Crippen LogP contribution is -2.41. The molecule has 1 saturated heterocycles. The Morgan fingerprint density at radius 2 is 2.24 bits per heavy atom. The number of aromatic nitrogens is 1. The monoisotopic (exact) mass is 339 g/mol. The Kier molecular flexibility index (Phi) is 4.72. The maximum Gasteiger partial charge on any atom is 0.318 e. The second kappa shape index (κ2) is 7.30. The van der Waals surface area contributed by atoms with Gasteiger partial charge in [0.25, 0.3) is 0 Å². The molecule has 2 amide bonds. The normalized spacial score (nSPS) is 20.2. The van der Waals surface area contributed by atoms with E-state index in [2.05, 4.69) is 16.4 Å². The molecule has 1 fully saturated rings. The molecule has 0 unspecified atom stereocenters. The molecule has 0 saturated carbocycles. The third kappa shape index (κ3) is 3.55. The molecule has 5 heteroatoms. The van der Waals surface area contributed by atoms with Gasteiger partial charge in [-0.05, 0) is 55.4 Å². The maximum absolute atomic E-state index is 12.8. The van der Waals surface area contributed by atoms with Gasteiger partial charge in [0.1, 0.15) is 5.76 Å². The number of nitrogens with zero attached hydrogens (tertiary/aromatic N) is 2. The summed E-state index contributed by atoms with van der Waals surface area (Å²) in [7, 11) is 0. The van der Waals surface area contributed by atoms with Gasteiger partial charge in [-0.15, -0.1) is 0 Å². The zero-order valence-corrected chi connectivity index (χ0v) is 14.5. The summed E-state index contributed by atoms with van der Waals surface area (Å²) in [5, 5.41) is 3.08. The molecule has 132 valence electrons. The largest absolute Gasteiger partial charge is 0.467 e. The van der Waals surface area contributed by atoms with E-state index in [9.17, 15) is 4.79 Å². The van der Waals surface area contributed by atoms with Crippen molar-refractivity contribution in [2.24, 2.45) is 0 Å². The number of hydrogen-bond donors (Lipinski definition) is 1. The lowest BCUT2D eigenvalue weighted by atomic mass is 10.1. The second-order valence-electron chi connectivity index (χ2n) is 7.04. The van der Waals surface area contributed by atoms with Gasteiger partial charge >= 0.3 is 6.03 Å². The third-order valence-electron chi connectivity index (χ3n) is 5.31. The Morgan fingerprint density at radius 3 is 3.12 bits per heavy atom. The highest BCUT2D eigenvalue weighted by atomic mass is 16.3.